The number of fused-ring (bicyclic) bond motifs is 1. The number of benzene rings is 1. The van der Waals surface area contributed by atoms with Crippen molar-refractivity contribution >= 4 is 11.0 Å². The molecule has 1 aliphatic rings. The SMILES string of the molecule is O=c1[nH]c(Cc2ccccc2)nc2c1cnn2C1CCNC1. The number of aromatic amines is 1. The van der Waals surface area contributed by atoms with Crippen LogP contribution in [0.15, 0.2) is 41.3 Å². The van der Waals surface area contributed by atoms with Crippen LogP contribution in [-0.2, 0) is 6.42 Å². The van der Waals surface area contributed by atoms with Gasteiger partial charge < -0.3 is 10.3 Å². The Morgan fingerprint density at radius 3 is 2.91 bits per heavy atom. The van der Waals surface area contributed by atoms with Crippen LogP contribution < -0.4 is 10.9 Å². The Balaban J connectivity index is 1.77. The Kier molecular flexibility index (Phi) is 3.23. The lowest BCUT2D eigenvalue weighted by Crippen LogP contribution is -2.17. The molecule has 0 amide bonds. The summed E-state index contributed by atoms with van der Waals surface area (Å²) < 4.78 is 1.89. The topological polar surface area (TPSA) is 75.6 Å². The molecule has 2 N–H and O–H groups in total. The molecule has 2 aromatic heterocycles. The van der Waals surface area contributed by atoms with Gasteiger partial charge in [0.15, 0.2) is 5.65 Å². The van der Waals surface area contributed by atoms with E-state index in [0.717, 1.165) is 25.1 Å². The molecule has 6 nitrogen and oxygen atoms in total. The summed E-state index contributed by atoms with van der Waals surface area (Å²) in [5, 5.41) is 8.26. The van der Waals surface area contributed by atoms with Crippen molar-refractivity contribution in [3.63, 3.8) is 0 Å². The van der Waals surface area contributed by atoms with E-state index in [1.165, 1.54) is 0 Å². The van der Waals surface area contributed by atoms with Gasteiger partial charge in [0.05, 0.1) is 12.2 Å². The maximum absolute atomic E-state index is 12.3. The minimum absolute atomic E-state index is 0.117. The van der Waals surface area contributed by atoms with Gasteiger partial charge in [-0.1, -0.05) is 30.3 Å². The van der Waals surface area contributed by atoms with Gasteiger partial charge in [-0.3, -0.25) is 4.79 Å². The first-order valence-corrected chi connectivity index (χ1v) is 7.52. The Morgan fingerprint density at radius 1 is 1.27 bits per heavy atom. The van der Waals surface area contributed by atoms with Crippen molar-refractivity contribution in [2.45, 2.75) is 18.9 Å². The van der Waals surface area contributed by atoms with Crippen LogP contribution in [0.3, 0.4) is 0 Å². The van der Waals surface area contributed by atoms with Gasteiger partial charge in [-0.15, -0.1) is 0 Å². The molecule has 0 aliphatic carbocycles. The Labute approximate surface area is 127 Å². The number of aromatic nitrogens is 4. The lowest BCUT2D eigenvalue weighted by molar-refractivity contribution is 0.502. The van der Waals surface area contributed by atoms with Gasteiger partial charge in [0.25, 0.3) is 5.56 Å². The molecule has 1 aromatic carbocycles. The van der Waals surface area contributed by atoms with Crippen molar-refractivity contribution < 1.29 is 0 Å². The molecule has 112 valence electrons. The normalized spacial score (nSPS) is 18.1. The summed E-state index contributed by atoms with van der Waals surface area (Å²) >= 11 is 0. The first kappa shape index (κ1) is 13.2. The highest BCUT2D eigenvalue weighted by atomic mass is 16.1. The number of hydrogen-bond acceptors (Lipinski definition) is 4. The van der Waals surface area contributed by atoms with E-state index < -0.39 is 0 Å². The molecule has 4 rings (SSSR count). The van der Waals surface area contributed by atoms with Crippen molar-refractivity contribution in [3.8, 4) is 0 Å². The smallest absolute Gasteiger partial charge is 0.262 e. The molecule has 1 unspecified atom stereocenters. The third-order valence-corrected chi connectivity index (χ3v) is 4.11. The third-order valence-electron chi connectivity index (χ3n) is 4.11. The molecule has 3 heterocycles. The van der Waals surface area contributed by atoms with Crippen molar-refractivity contribution in [3.05, 3.63) is 58.3 Å². The zero-order valence-corrected chi connectivity index (χ0v) is 12.1. The van der Waals surface area contributed by atoms with Crippen molar-refractivity contribution in [1.82, 2.24) is 25.1 Å². The van der Waals surface area contributed by atoms with E-state index in [0.29, 0.717) is 23.3 Å². The number of nitrogens with one attached hydrogen (secondary N) is 2. The fourth-order valence-electron chi connectivity index (χ4n) is 2.97. The van der Waals surface area contributed by atoms with Crippen molar-refractivity contribution in [2.24, 2.45) is 0 Å². The fraction of sp³-hybridized carbons (Fsp3) is 0.312. The van der Waals surface area contributed by atoms with E-state index in [2.05, 4.69) is 20.4 Å². The maximum atomic E-state index is 12.3. The van der Waals surface area contributed by atoms with Crippen LogP contribution in [0.5, 0.6) is 0 Å². The van der Waals surface area contributed by atoms with Crippen LogP contribution in [0.4, 0.5) is 0 Å². The second-order valence-electron chi connectivity index (χ2n) is 5.65. The predicted molar refractivity (Wildman–Crippen MR) is 83.9 cm³/mol. The molecule has 1 saturated heterocycles. The molecule has 0 spiro atoms. The minimum Gasteiger partial charge on any atom is -0.315 e. The van der Waals surface area contributed by atoms with Gasteiger partial charge in [-0.2, -0.15) is 5.10 Å². The standard InChI is InChI=1S/C16H17N5O/c22-16-13-10-18-21(12-6-7-17-9-12)15(13)19-14(20-16)8-11-4-2-1-3-5-11/h1-5,10,12,17H,6-9H2,(H,19,20,22). The van der Waals surface area contributed by atoms with Gasteiger partial charge in [0.1, 0.15) is 11.2 Å². The van der Waals surface area contributed by atoms with Gasteiger partial charge in [-0.05, 0) is 18.5 Å². The van der Waals surface area contributed by atoms with E-state index in [1.54, 1.807) is 6.20 Å². The van der Waals surface area contributed by atoms with E-state index in [1.807, 2.05) is 35.0 Å². The van der Waals surface area contributed by atoms with Crippen LogP contribution >= 0.6 is 0 Å². The molecule has 6 heteroatoms. The zero-order valence-electron chi connectivity index (χ0n) is 12.1. The van der Waals surface area contributed by atoms with E-state index >= 15 is 0 Å². The summed E-state index contributed by atoms with van der Waals surface area (Å²) in [6, 6.07) is 10.3. The molecular formula is C16H17N5O. The summed E-state index contributed by atoms with van der Waals surface area (Å²) in [7, 11) is 0. The molecule has 1 fully saturated rings. The molecule has 0 saturated carbocycles. The average molecular weight is 295 g/mol. The summed E-state index contributed by atoms with van der Waals surface area (Å²) in [5.74, 6) is 0.677. The molecule has 1 aliphatic heterocycles. The molecule has 0 radical (unpaired) electrons. The summed E-state index contributed by atoms with van der Waals surface area (Å²) in [6.07, 6.45) is 3.24. The molecule has 1 atom stereocenters. The van der Waals surface area contributed by atoms with Crippen LogP contribution in [0.1, 0.15) is 23.9 Å². The second kappa shape index (κ2) is 5.38. The molecular weight excluding hydrogens is 278 g/mol. The predicted octanol–water partition coefficient (Wildman–Crippen LogP) is 1.24. The van der Waals surface area contributed by atoms with Crippen molar-refractivity contribution in [1.29, 1.82) is 0 Å². The molecule has 0 bridgehead atoms. The fourth-order valence-corrected chi connectivity index (χ4v) is 2.97. The van der Waals surface area contributed by atoms with Crippen molar-refractivity contribution in [2.75, 3.05) is 13.1 Å². The highest BCUT2D eigenvalue weighted by Crippen LogP contribution is 2.19. The monoisotopic (exact) mass is 295 g/mol. The van der Waals surface area contributed by atoms with Crippen LogP contribution in [0, 0.1) is 0 Å². The number of nitrogens with zero attached hydrogens (tertiary/aromatic N) is 3. The Morgan fingerprint density at radius 2 is 2.14 bits per heavy atom. The quantitative estimate of drug-likeness (QED) is 0.762. The molecule has 22 heavy (non-hydrogen) atoms. The first-order valence-electron chi connectivity index (χ1n) is 7.52. The third kappa shape index (κ3) is 2.31. The number of rotatable bonds is 3. The van der Waals surface area contributed by atoms with E-state index in [9.17, 15) is 4.79 Å². The Hall–Kier alpha value is -2.47. The summed E-state index contributed by atoms with van der Waals surface area (Å²) in [5.41, 5.74) is 1.69. The first-order chi connectivity index (χ1) is 10.8. The van der Waals surface area contributed by atoms with E-state index in [-0.39, 0.29) is 11.6 Å². The highest BCUT2D eigenvalue weighted by molar-refractivity contribution is 5.73. The minimum atomic E-state index is -0.117. The largest absolute Gasteiger partial charge is 0.315 e. The maximum Gasteiger partial charge on any atom is 0.262 e. The molecule has 3 aromatic rings. The van der Waals surface area contributed by atoms with Gasteiger partial charge >= 0.3 is 0 Å². The lowest BCUT2D eigenvalue weighted by atomic mass is 10.1. The van der Waals surface area contributed by atoms with Crippen LogP contribution in [0.2, 0.25) is 0 Å². The average Bonchev–Trinajstić information content (AvgIpc) is 3.17. The number of hydrogen-bond donors (Lipinski definition) is 2. The Bertz CT molecular complexity index is 846. The lowest BCUT2D eigenvalue weighted by Gasteiger charge is -2.10. The zero-order chi connectivity index (χ0) is 14.9. The van der Waals surface area contributed by atoms with Gasteiger partial charge in [0, 0.05) is 13.0 Å². The summed E-state index contributed by atoms with van der Waals surface area (Å²) in [4.78, 5) is 19.8. The second-order valence-corrected chi connectivity index (χ2v) is 5.65. The summed E-state index contributed by atoms with van der Waals surface area (Å²) in [6.45, 7) is 1.85. The van der Waals surface area contributed by atoms with Crippen LogP contribution in [-0.4, -0.2) is 32.8 Å². The van der Waals surface area contributed by atoms with Gasteiger partial charge in [0.2, 0.25) is 0 Å². The highest BCUT2D eigenvalue weighted by Gasteiger charge is 2.21. The number of H-pyrrole nitrogens is 1. The van der Waals surface area contributed by atoms with Crippen LogP contribution in [0.25, 0.3) is 11.0 Å². The van der Waals surface area contributed by atoms with E-state index in [4.69, 9.17) is 0 Å². The van der Waals surface area contributed by atoms with Gasteiger partial charge in [-0.25, -0.2) is 9.67 Å².